The second-order valence-electron chi connectivity index (χ2n) is 6.07. The number of halogens is 4. The zero-order valence-corrected chi connectivity index (χ0v) is 16.2. The van der Waals surface area contributed by atoms with Crippen LogP contribution < -0.4 is 0 Å². The Balaban J connectivity index is 1.96. The monoisotopic (exact) mass is 424 g/mol. The highest BCUT2D eigenvalue weighted by Crippen LogP contribution is 2.33. The number of hydrogen-bond acceptors (Lipinski definition) is 5. The Kier molecular flexibility index (Phi) is 5.83. The highest BCUT2D eigenvalue weighted by Gasteiger charge is 2.33. The maximum Gasteiger partial charge on any atom is 0.416 e. The summed E-state index contributed by atoms with van der Waals surface area (Å²) in [6.45, 7) is 3.62. The van der Waals surface area contributed by atoms with Gasteiger partial charge in [0.05, 0.1) is 11.6 Å². The standard InChI is InChI=1S/C18H16ClF3N6O/c1-3-27(16(29)12-7-13(18(20,21)22)9-14(19)8-12)11(2)15-25-10-26-28(15)17-23-5-4-6-24-17/h4-11H,3H2,1-2H3. The molecule has 11 heteroatoms. The third kappa shape index (κ3) is 4.37. The fourth-order valence-corrected chi connectivity index (χ4v) is 3.10. The van der Waals surface area contributed by atoms with E-state index in [1.165, 1.54) is 34.4 Å². The molecule has 0 saturated carbocycles. The minimum Gasteiger partial charge on any atom is -0.329 e. The Labute approximate surface area is 169 Å². The predicted molar refractivity (Wildman–Crippen MR) is 98.5 cm³/mol. The summed E-state index contributed by atoms with van der Waals surface area (Å²) in [4.78, 5) is 26.8. The van der Waals surface area contributed by atoms with Crippen molar-refractivity contribution in [3.63, 3.8) is 0 Å². The van der Waals surface area contributed by atoms with Crippen molar-refractivity contribution in [3.05, 3.63) is 65.0 Å². The molecule has 0 N–H and O–H groups in total. The van der Waals surface area contributed by atoms with Gasteiger partial charge >= 0.3 is 6.18 Å². The number of amides is 1. The van der Waals surface area contributed by atoms with Crippen LogP contribution in [0.1, 0.15) is 41.6 Å². The van der Waals surface area contributed by atoms with Crippen molar-refractivity contribution < 1.29 is 18.0 Å². The van der Waals surface area contributed by atoms with E-state index in [0.29, 0.717) is 5.82 Å². The van der Waals surface area contributed by atoms with E-state index in [2.05, 4.69) is 20.1 Å². The van der Waals surface area contributed by atoms with Crippen LogP contribution in [-0.2, 0) is 6.18 Å². The molecular formula is C18H16ClF3N6O. The Bertz CT molecular complexity index is 1010. The highest BCUT2D eigenvalue weighted by atomic mass is 35.5. The molecule has 0 saturated heterocycles. The maximum atomic E-state index is 13.1. The number of hydrogen-bond donors (Lipinski definition) is 0. The lowest BCUT2D eigenvalue weighted by atomic mass is 10.1. The third-order valence-electron chi connectivity index (χ3n) is 4.23. The molecule has 29 heavy (non-hydrogen) atoms. The van der Waals surface area contributed by atoms with Crippen molar-refractivity contribution in [2.75, 3.05) is 6.54 Å². The quantitative estimate of drug-likeness (QED) is 0.619. The van der Waals surface area contributed by atoms with Crippen LogP contribution in [0.15, 0.2) is 43.0 Å². The number of nitrogens with zero attached hydrogens (tertiary/aromatic N) is 6. The number of aromatic nitrogens is 5. The van der Waals surface area contributed by atoms with Gasteiger partial charge in [-0.15, -0.1) is 0 Å². The van der Waals surface area contributed by atoms with Crippen molar-refractivity contribution in [1.82, 2.24) is 29.6 Å². The zero-order chi connectivity index (χ0) is 21.2. The smallest absolute Gasteiger partial charge is 0.329 e. The van der Waals surface area contributed by atoms with E-state index in [4.69, 9.17) is 11.6 Å². The van der Waals surface area contributed by atoms with E-state index >= 15 is 0 Å². The van der Waals surface area contributed by atoms with Crippen LogP contribution in [0.4, 0.5) is 13.2 Å². The minimum absolute atomic E-state index is 0.166. The number of carbonyl (C=O) groups excluding carboxylic acids is 1. The molecular weight excluding hydrogens is 409 g/mol. The third-order valence-corrected chi connectivity index (χ3v) is 4.45. The highest BCUT2D eigenvalue weighted by molar-refractivity contribution is 6.31. The molecule has 3 rings (SSSR count). The second kappa shape index (κ2) is 8.16. The van der Waals surface area contributed by atoms with Crippen LogP contribution in [0, 0.1) is 0 Å². The van der Waals surface area contributed by atoms with Gasteiger partial charge < -0.3 is 4.90 Å². The molecule has 0 aliphatic heterocycles. The van der Waals surface area contributed by atoms with Crippen molar-refractivity contribution in [2.24, 2.45) is 0 Å². The molecule has 2 heterocycles. The molecule has 7 nitrogen and oxygen atoms in total. The first kappa shape index (κ1) is 20.7. The lowest BCUT2D eigenvalue weighted by molar-refractivity contribution is -0.137. The van der Waals surface area contributed by atoms with Crippen LogP contribution in [-0.4, -0.2) is 42.1 Å². The fourth-order valence-electron chi connectivity index (χ4n) is 2.87. The lowest BCUT2D eigenvalue weighted by Gasteiger charge is -2.27. The SMILES string of the molecule is CCN(C(=O)c1cc(Cl)cc(C(F)(F)F)c1)C(C)c1ncnn1-c1ncccn1. The number of benzene rings is 1. The second-order valence-corrected chi connectivity index (χ2v) is 6.51. The number of carbonyl (C=O) groups is 1. The van der Waals surface area contributed by atoms with Crippen molar-refractivity contribution >= 4 is 17.5 Å². The topological polar surface area (TPSA) is 76.8 Å². The van der Waals surface area contributed by atoms with Crippen molar-refractivity contribution in [1.29, 1.82) is 0 Å². The first-order valence-corrected chi connectivity index (χ1v) is 8.96. The average molecular weight is 425 g/mol. The van der Waals surface area contributed by atoms with E-state index in [0.717, 1.165) is 12.1 Å². The molecule has 3 aromatic rings. The summed E-state index contributed by atoms with van der Waals surface area (Å²) in [6, 6.07) is 3.80. The molecule has 152 valence electrons. The Morgan fingerprint density at radius 3 is 2.52 bits per heavy atom. The van der Waals surface area contributed by atoms with E-state index in [-0.39, 0.29) is 23.1 Å². The molecule has 0 radical (unpaired) electrons. The summed E-state index contributed by atoms with van der Waals surface area (Å²) in [6.07, 6.45) is -0.257. The summed E-state index contributed by atoms with van der Waals surface area (Å²) < 4.78 is 40.7. The molecule has 0 spiro atoms. The maximum absolute atomic E-state index is 13.1. The van der Waals surface area contributed by atoms with Crippen LogP contribution in [0.2, 0.25) is 5.02 Å². The van der Waals surface area contributed by atoms with Gasteiger partial charge in [0.2, 0.25) is 0 Å². The van der Waals surface area contributed by atoms with Crippen LogP contribution in [0.5, 0.6) is 0 Å². The summed E-state index contributed by atoms with van der Waals surface area (Å²) in [7, 11) is 0. The summed E-state index contributed by atoms with van der Waals surface area (Å²) in [5, 5.41) is 3.92. The molecule has 0 bridgehead atoms. The Morgan fingerprint density at radius 1 is 1.21 bits per heavy atom. The van der Waals surface area contributed by atoms with Gasteiger partial charge in [0.25, 0.3) is 11.9 Å². The summed E-state index contributed by atoms with van der Waals surface area (Å²) >= 11 is 5.82. The molecule has 0 fully saturated rings. The predicted octanol–water partition coefficient (Wildman–Crippen LogP) is 3.95. The number of alkyl halides is 3. The van der Waals surface area contributed by atoms with Gasteiger partial charge in [-0.1, -0.05) is 11.6 Å². The van der Waals surface area contributed by atoms with Gasteiger partial charge in [-0.2, -0.15) is 23.0 Å². The average Bonchev–Trinajstić information content (AvgIpc) is 3.17. The molecule has 1 atom stereocenters. The van der Waals surface area contributed by atoms with Crippen LogP contribution in [0.3, 0.4) is 0 Å². The van der Waals surface area contributed by atoms with Gasteiger partial charge in [0.1, 0.15) is 6.33 Å². The first-order chi connectivity index (χ1) is 13.7. The zero-order valence-electron chi connectivity index (χ0n) is 15.4. The van der Waals surface area contributed by atoms with Crippen LogP contribution in [0.25, 0.3) is 5.95 Å². The van der Waals surface area contributed by atoms with Gasteiger partial charge in [-0.3, -0.25) is 4.79 Å². The van der Waals surface area contributed by atoms with E-state index in [1.54, 1.807) is 19.9 Å². The van der Waals surface area contributed by atoms with Gasteiger partial charge in [-0.25, -0.2) is 15.0 Å². The molecule has 1 unspecified atom stereocenters. The Morgan fingerprint density at radius 2 is 1.90 bits per heavy atom. The fraction of sp³-hybridized carbons (Fsp3) is 0.278. The van der Waals surface area contributed by atoms with Crippen molar-refractivity contribution in [2.45, 2.75) is 26.1 Å². The molecule has 1 aromatic carbocycles. The largest absolute Gasteiger partial charge is 0.416 e. The first-order valence-electron chi connectivity index (χ1n) is 8.58. The minimum atomic E-state index is -4.62. The summed E-state index contributed by atoms with van der Waals surface area (Å²) in [5.41, 5.74) is -1.15. The summed E-state index contributed by atoms with van der Waals surface area (Å²) in [5.74, 6) is 0.0125. The normalized spacial score (nSPS) is 12.6. The van der Waals surface area contributed by atoms with E-state index in [9.17, 15) is 18.0 Å². The van der Waals surface area contributed by atoms with E-state index < -0.39 is 23.7 Å². The Hall–Kier alpha value is -3.01. The molecule has 1 amide bonds. The van der Waals surface area contributed by atoms with Crippen LogP contribution >= 0.6 is 11.6 Å². The van der Waals surface area contributed by atoms with Gasteiger partial charge in [0.15, 0.2) is 5.82 Å². The molecule has 0 aliphatic rings. The van der Waals surface area contributed by atoms with Gasteiger partial charge in [-0.05, 0) is 38.1 Å². The van der Waals surface area contributed by atoms with E-state index in [1.807, 2.05) is 0 Å². The number of rotatable bonds is 5. The van der Waals surface area contributed by atoms with Crippen molar-refractivity contribution in [3.8, 4) is 5.95 Å². The molecule has 0 aliphatic carbocycles. The molecule has 2 aromatic heterocycles. The van der Waals surface area contributed by atoms with Gasteiger partial charge in [0, 0.05) is 29.5 Å². The lowest BCUT2D eigenvalue weighted by Crippen LogP contribution is -2.35.